The fourth-order valence-corrected chi connectivity index (χ4v) is 1.97. The number of aliphatic carboxylic acids is 2. The van der Waals surface area contributed by atoms with Crippen LogP contribution in [0.1, 0.15) is 19.4 Å². The zero-order chi connectivity index (χ0) is 16.4. The van der Waals surface area contributed by atoms with Gasteiger partial charge in [-0.15, -0.1) is 0 Å². The Morgan fingerprint density at radius 3 is 2.00 bits per heavy atom. The van der Waals surface area contributed by atoms with Crippen LogP contribution in [0.5, 0.6) is 0 Å². The third-order valence-corrected chi connectivity index (χ3v) is 2.88. The molecule has 0 unspecified atom stereocenters. The zero-order valence-corrected chi connectivity index (χ0v) is 11.9. The van der Waals surface area contributed by atoms with Crippen LogP contribution >= 0.6 is 11.6 Å². The van der Waals surface area contributed by atoms with Gasteiger partial charge in [0, 0.05) is 17.0 Å². The van der Waals surface area contributed by atoms with Crippen LogP contribution in [0.4, 0.5) is 8.78 Å². The van der Waals surface area contributed by atoms with E-state index < -0.39 is 47.3 Å². The van der Waals surface area contributed by atoms with Crippen LogP contribution in [0.2, 0.25) is 5.02 Å². The van der Waals surface area contributed by atoms with Crippen LogP contribution in [-0.2, 0) is 20.7 Å². The first kappa shape index (κ1) is 17.3. The van der Waals surface area contributed by atoms with Gasteiger partial charge in [0.25, 0.3) is 5.60 Å². The summed E-state index contributed by atoms with van der Waals surface area (Å²) in [7, 11) is 0. The summed E-state index contributed by atoms with van der Waals surface area (Å²) in [4.78, 5) is 22.6. The van der Waals surface area contributed by atoms with E-state index >= 15 is 0 Å². The van der Waals surface area contributed by atoms with Gasteiger partial charge in [0.2, 0.25) is 0 Å². The number of benzene rings is 1. The third-order valence-electron chi connectivity index (χ3n) is 2.66. The van der Waals surface area contributed by atoms with Gasteiger partial charge in [-0.05, 0) is 26.0 Å². The second-order valence-electron chi connectivity index (χ2n) is 4.63. The third kappa shape index (κ3) is 3.68. The van der Waals surface area contributed by atoms with E-state index in [1.807, 2.05) is 0 Å². The highest BCUT2D eigenvalue weighted by Crippen LogP contribution is 2.27. The highest BCUT2D eigenvalue weighted by atomic mass is 35.5. The van der Waals surface area contributed by atoms with Gasteiger partial charge < -0.3 is 14.9 Å². The number of carbonyl (C=O) groups is 2. The van der Waals surface area contributed by atoms with E-state index in [0.29, 0.717) is 0 Å². The lowest BCUT2D eigenvalue weighted by atomic mass is 9.93. The molecule has 8 heteroatoms. The van der Waals surface area contributed by atoms with Crippen molar-refractivity contribution in [3.8, 4) is 0 Å². The predicted octanol–water partition coefficient (Wildman–Crippen LogP) is 2.49. The molecule has 21 heavy (non-hydrogen) atoms. The SMILES string of the molecule is CC(C)OC(Cc1c(F)cc(Cl)cc1F)(C(=O)O)C(=O)O. The average Bonchev–Trinajstić information content (AvgIpc) is 2.30. The molecule has 1 aromatic carbocycles. The maximum absolute atomic E-state index is 13.7. The minimum Gasteiger partial charge on any atom is -0.479 e. The van der Waals surface area contributed by atoms with Gasteiger partial charge >= 0.3 is 11.9 Å². The average molecular weight is 323 g/mol. The van der Waals surface area contributed by atoms with Gasteiger partial charge in [-0.3, -0.25) is 0 Å². The molecule has 0 aromatic heterocycles. The number of hydrogen-bond acceptors (Lipinski definition) is 3. The number of ether oxygens (including phenoxy) is 1. The van der Waals surface area contributed by atoms with E-state index in [1.165, 1.54) is 13.8 Å². The van der Waals surface area contributed by atoms with Crippen molar-refractivity contribution < 1.29 is 33.3 Å². The van der Waals surface area contributed by atoms with E-state index in [0.717, 1.165) is 12.1 Å². The molecule has 0 heterocycles. The Bertz CT molecular complexity index is 537. The van der Waals surface area contributed by atoms with E-state index in [4.69, 9.17) is 26.6 Å². The van der Waals surface area contributed by atoms with Gasteiger partial charge in [0.15, 0.2) is 0 Å². The molecule has 1 rings (SSSR count). The molecule has 0 saturated carbocycles. The highest BCUT2D eigenvalue weighted by molar-refractivity contribution is 6.30. The van der Waals surface area contributed by atoms with Crippen molar-refractivity contribution in [2.24, 2.45) is 0 Å². The van der Waals surface area contributed by atoms with Gasteiger partial charge in [0.05, 0.1) is 6.10 Å². The van der Waals surface area contributed by atoms with Crippen molar-refractivity contribution in [3.63, 3.8) is 0 Å². The van der Waals surface area contributed by atoms with Crippen molar-refractivity contribution in [2.75, 3.05) is 0 Å². The summed E-state index contributed by atoms with van der Waals surface area (Å²) in [6, 6.07) is 1.54. The Morgan fingerprint density at radius 2 is 1.67 bits per heavy atom. The van der Waals surface area contributed by atoms with Crippen molar-refractivity contribution in [1.82, 2.24) is 0 Å². The number of halogens is 3. The smallest absolute Gasteiger partial charge is 0.348 e. The van der Waals surface area contributed by atoms with Gasteiger partial charge in [0.1, 0.15) is 11.6 Å². The summed E-state index contributed by atoms with van der Waals surface area (Å²) < 4.78 is 32.4. The Labute approximate surface area is 124 Å². The minimum absolute atomic E-state index is 0.227. The largest absolute Gasteiger partial charge is 0.479 e. The Balaban J connectivity index is 3.37. The fraction of sp³-hybridized carbons (Fsp3) is 0.385. The zero-order valence-electron chi connectivity index (χ0n) is 11.2. The first-order chi connectivity index (χ1) is 9.60. The molecular formula is C13H13ClF2O5. The summed E-state index contributed by atoms with van der Waals surface area (Å²) in [5.41, 5.74) is -3.51. The van der Waals surface area contributed by atoms with Crippen molar-refractivity contribution >= 4 is 23.5 Å². The molecule has 5 nitrogen and oxygen atoms in total. The van der Waals surface area contributed by atoms with E-state index in [2.05, 4.69) is 0 Å². The summed E-state index contributed by atoms with van der Waals surface area (Å²) in [5.74, 6) is -5.98. The summed E-state index contributed by atoms with van der Waals surface area (Å²) in [6.45, 7) is 2.82. The normalized spacial score (nSPS) is 11.7. The molecule has 0 radical (unpaired) electrons. The number of carboxylic acid groups (broad SMARTS) is 2. The molecule has 0 aliphatic rings. The molecule has 116 valence electrons. The lowest BCUT2D eigenvalue weighted by molar-refractivity contribution is -0.189. The molecule has 0 bridgehead atoms. The first-order valence-corrected chi connectivity index (χ1v) is 6.26. The summed E-state index contributed by atoms with van der Waals surface area (Å²) >= 11 is 5.46. The number of rotatable bonds is 6. The molecule has 0 fully saturated rings. The van der Waals surface area contributed by atoms with Gasteiger partial charge in [-0.25, -0.2) is 18.4 Å². The molecule has 2 N–H and O–H groups in total. The van der Waals surface area contributed by atoms with Crippen LogP contribution < -0.4 is 0 Å². The van der Waals surface area contributed by atoms with E-state index in [-0.39, 0.29) is 5.02 Å². The van der Waals surface area contributed by atoms with Crippen molar-refractivity contribution in [1.29, 1.82) is 0 Å². The van der Waals surface area contributed by atoms with Crippen LogP contribution in [0.3, 0.4) is 0 Å². The quantitative estimate of drug-likeness (QED) is 0.786. The molecule has 1 aromatic rings. The van der Waals surface area contributed by atoms with Crippen LogP contribution in [-0.4, -0.2) is 33.9 Å². The fourth-order valence-electron chi connectivity index (χ4n) is 1.78. The van der Waals surface area contributed by atoms with Crippen molar-refractivity contribution in [3.05, 3.63) is 34.4 Å². The monoisotopic (exact) mass is 322 g/mol. The molecule has 0 saturated heterocycles. The Hall–Kier alpha value is -1.73. The molecule has 0 aliphatic heterocycles. The molecule has 0 spiro atoms. The number of hydrogen-bond donors (Lipinski definition) is 2. The van der Waals surface area contributed by atoms with E-state index in [1.54, 1.807) is 0 Å². The number of carboxylic acids is 2. The van der Waals surface area contributed by atoms with Crippen LogP contribution in [0, 0.1) is 11.6 Å². The lowest BCUT2D eigenvalue weighted by Gasteiger charge is -2.27. The molecule has 0 atom stereocenters. The van der Waals surface area contributed by atoms with Gasteiger partial charge in [-0.1, -0.05) is 11.6 Å². The highest BCUT2D eigenvalue weighted by Gasteiger charge is 2.50. The van der Waals surface area contributed by atoms with E-state index in [9.17, 15) is 18.4 Å². The standard InChI is InChI=1S/C13H13ClF2O5/c1-6(2)21-13(11(17)18,12(19)20)5-8-9(15)3-7(14)4-10(8)16/h3-4,6H,5H2,1-2H3,(H,17,18)(H,19,20). The molecular weight excluding hydrogens is 310 g/mol. The summed E-state index contributed by atoms with van der Waals surface area (Å²) in [5, 5.41) is 18.1. The maximum atomic E-state index is 13.7. The minimum atomic E-state index is -2.79. The maximum Gasteiger partial charge on any atom is 0.348 e. The van der Waals surface area contributed by atoms with Gasteiger partial charge in [-0.2, -0.15) is 0 Å². The topological polar surface area (TPSA) is 83.8 Å². The predicted molar refractivity (Wildman–Crippen MR) is 69.3 cm³/mol. The van der Waals surface area contributed by atoms with Crippen LogP contribution in [0.15, 0.2) is 12.1 Å². The molecule has 0 amide bonds. The van der Waals surface area contributed by atoms with Crippen molar-refractivity contribution in [2.45, 2.75) is 32.0 Å². The van der Waals surface area contributed by atoms with Crippen LogP contribution in [0.25, 0.3) is 0 Å². The Morgan fingerprint density at radius 1 is 1.24 bits per heavy atom. The second-order valence-corrected chi connectivity index (χ2v) is 5.07. The first-order valence-electron chi connectivity index (χ1n) is 5.88. The molecule has 0 aliphatic carbocycles. The lowest BCUT2D eigenvalue weighted by Crippen LogP contribution is -2.52. The Kier molecular flexibility index (Phi) is 5.25. The second kappa shape index (κ2) is 6.36. The summed E-state index contributed by atoms with van der Waals surface area (Å²) in [6.07, 6.45) is -1.79.